The molecule has 2 fully saturated rings. The third-order valence-electron chi connectivity index (χ3n) is 9.63. The first kappa shape index (κ1) is 42.3. The fourth-order valence-corrected chi connectivity index (χ4v) is 7.25. The van der Waals surface area contributed by atoms with Crippen molar-refractivity contribution in [1.82, 2.24) is 15.3 Å². The molecular weight excluding hydrogens is 815 g/mol. The molecule has 2 bridgehead atoms. The van der Waals surface area contributed by atoms with E-state index in [0.717, 1.165) is 19.4 Å². The van der Waals surface area contributed by atoms with Gasteiger partial charge < -0.3 is 20.1 Å². The zero-order valence-corrected chi connectivity index (χ0v) is 29.9. The van der Waals surface area contributed by atoms with Crippen molar-refractivity contribution in [2.45, 2.75) is 43.5 Å². The molecule has 2 saturated carbocycles. The molecule has 0 aliphatic heterocycles. The minimum absolute atomic E-state index is 0.0129. The molecule has 4 aromatic rings. The van der Waals surface area contributed by atoms with Crippen LogP contribution in [0.4, 0.5) is 64.5 Å². The van der Waals surface area contributed by atoms with Crippen LogP contribution in [0.25, 0.3) is 11.3 Å². The SMILES string of the molecule is COc1ncc(-c2cc([C@H](OC(=O)Nc3ccccc3)C(F)(F)F)ccc2F)nc1C(=O)N[C@H]1[C@@H](C(=O)Nc2ccc(F)c(C(F)(F)F)c2)[C@H]2CC[C@@H]1/C2=C\C(F)(F)F. The predicted octanol–water partition coefficient (Wildman–Crippen LogP) is 9.18. The monoisotopic (exact) mass is 843 g/mol. The summed E-state index contributed by atoms with van der Waals surface area (Å²) < 4.78 is 163. The van der Waals surface area contributed by atoms with Crippen LogP contribution in [0.1, 0.15) is 40.6 Å². The molecule has 312 valence electrons. The summed E-state index contributed by atoms with van der Waals surface area (Å²) >= 11 is 0. The summed E-state index contributed by atoms with van der Waals surface area (Å²) in [5.74, 6) is -9.54. The molecule has 1 heterocycles. The average molecular weight is 844 g/mol. The number of anilines is 2. The van der Waals surface area contributed by atoms with Crippen LogP contribution < -0.4 is 20.7 Å². The molecule has 1 aromatic heterocycles. The van der Waals surface area contributed by atoms with E-state index >= 15 is 4.39 Å². The molecule has 6 rings (SSSR count). The van der Waals surface area contributed by atoms with E-state index in [4.69, 9.17) is 4.74 Å². The number of hydrogen-bond donors (Lipinski definition) is 3. The number of benzene rings is 3. The highest BCUT2D eigenvalue weighted by Gasteiger charge is 2.56. The van der Waals surface area contributed by atoms with Gasteiger partial charge >= 0.3 is 24.6 Å². The molecule has 5 atom stereocenters. The van der Waals surface area contributed by atoms with Crippen molar-refractivity contribution in [1.29, 1.82) is 0 Å². The Labute approximate surface area is 325 Å². The van der Waals surface area contributed by atoms with Crippen molar-refractivity contribution in [2.24, 2.45) is 17.8 Å². The van der Waals surface area contributed by atoms with Gasteiger partial charge in [0.05, 0.1) is 30.5 Å². The fourth-order valence-electron chi connectivity index (χ4n) is 7.25. The molecule has 10 nitrogen and oxygen atoms in total. The molecule has 0 saturated heterocycles. The Bertz CT molecular complexity index is 2280. The number of hydrogen-bond acceptors (Lipinski definition) is 7. The van der Waals surface area contributed by atoms with Gasteiger partial charge in [0, 0.05) is 40.5 Å². The zero-order chi connectivity index (χ0) is 43.0. The van der Waals surface area contributed by atoms with E-state index < -0.39 is 118 Å². The van der Waals surface area contributed by atoms with Gasteiger partial charge in [0.15, 0.2) is 5.69 Å². The number of rotatable bonds is 9. The third-order valence-corrected chi connectivity index (χ3v) is 9.63. The highest BCUT2D eigenvalue weighted by molar-refractivity contribution is 5.98. The number of ether oxygens (including phenoxy) is 2. The average Bonchev–Trinajstić information content (AvgIpc) is 3.66. The Morgan fingerprint density at radius 3 is 2.15 bits per heavy atom. The van der Waals surface area contributed by atoms with E-state index in [0.29, 0.717) is 30.3 Å². The van der Waals surface area contributed by atoms with Crippen molar-refractivity contribution >= 4 is 29.3 Å². The number of methoxy groups -OCH3 is 1. The van der Waals surface area contributed by atoms with E-state index in [1.54, 1.807) is 6.07 Å². The maximum atomic E-state index is 15.3. The number of para-hydroxylation sites is 1. The number of nitrogens with zero attached hydrogens (tertiary/aromatic N) is 2. The van der Waals surface area contributed by atoms with Crippen molar-refractivity contribution < 1.29 is 72.2 Å². The van der Waals surface area contributed by atoms with Crippen molar-refractivity contribution in [3.05, 3.63) is 113 Å². The van der Waals surface area contributed by atoms with E-state index in [1.807, 2.05) is 0 Å². The van der Waals surface area contributed by atoms with Crippen LogP contribution in [-0.2, 0) is 15.7 Å². The van der Waals surface area contributed by atoms with Gasteiger partial charge in [-0.1, -0.05) is 29.8 Å². The molecule has 0 unspecified atom stereocenters. The summed E-state index contributed by atoms with van der Waals surface area (Å²) in [5, 5.41) is 6.73. The number of fused-ring (bicyclic) bond motifs is 2. The minimum Gasteiger partial charge on any atom is -0.479 e. The second-order valence-corrected chi connectivity index (χ2v) is 13.4. The second-order valence-electron chi connectivity index (χ2n) is 13.4. The van der Waals surface area contributed by atoms with Gasteiger partial charge in [0.2, 0.25) is 17.9 Å². The Morgan fingerprint density at radius 1 is 0.831 bits per heavy atom. The summed E-state index contributed by atoms with van der Waals surface area (Å²) in [6.07, 6.45) is -18.9. The van der Waals surface area contributed by atoms with Gasteiger partial charge in [-0.2, -0.15) is 39.5 Å². The highest BCUT2D eigenvalue weighted by atomic mass is 19.4. The van der Waals surface area contributed by atoms with Crippen LogP contribution in [0.2, 0.25) is 0 Å². The summed E-state index contributed by atoms with van der Waals surface area (Å²) in [4.78, 5) is 47.9. The quantitative estimate of drug-likeness (QED) is 0.113. The first-order valence-corrected chi connectivity index (χ1v) is 17.2. The summed E-state index contributed by atoms with van der Waals surface area (Å²) in [6.45, 7) is 0. The fraction of sp³-hybridized carbons (Fsp3) is 0.289. The van der Waals surface area contributed by atoms with Crippen LogP contribution in [-0.4, -0.2) is 53.4 Å². The molecule has 3 N–H and O–H groups in total. The number of amides is 3. The minimum atomic E-state index is -5.22. The number of allylic oxidation sites excluding steroid dienone is 1. The maximum absolute atomic E-state index is 15.3. The van der Waals surface area contributed by atoms with E-state index in [1.165, 1.54) is 24.3 Å². The number of halogens is 11. The lowest BCUT2D eigenvalue weighted by molar-refractivity contribution is -0.205. The number of carbonyl (C=O) groups is 3. The molecule has 0 radical (unpaired) electrons. The lowest BCUT2D eigenvalue weighted by Gasteiger charge is -2.30. The van der Waals surface area contributed by atoms with E-state index in [-0.39, 0.29) is 30.2 Å². The number of carbonyl (C=O) groups excluding carboxylic acids is 3. The standard InChI is InChI=1S/C38H28F11N5O5/c1-58-34-30(53-27(16-50-34)22-13-17(7-11-25(22)39)31(38(47,48)49)59-35(57)52-18-5-3-2-4-6-18)33(56)54-29-21-10-9-20(23(21)15-36(41,42)43)28(29)32(55)51-19-8-12-26(40)24(14-19)37(44,45)46/h2-8,11-16,20-21,28-29,31H,9-10H2,1H3,(H,51,55)(H,52,57)(H,54,56)/b23-15-/t20-,21+,28-,29+,31-/m0/s1. The molecule has 21 heteroatoms. The van der Waals surface area contributed by atoms with Crippen LogP contribution >= 0.6 is 0 Å². The smallest absolute Gasteiger partial charge is 0.429 e. The van der Waals surface area contributed by atoms with E-state index in [9.17, 15) is 58.3 Å². The molecule has 0 spiro atoms. The topological polar surface area (TPSA) is 132 Å². The van der Waals surface area contributed by atoms with Crippen LogP contribution in [0.3, 0.4) is 0 Å². The summed E-state index contributed by atoms with van der Waals surface area (Å²) in [5.41, 5.74) is -5.19. The van der Waals surface area contributed by atoms with Crippen LogP contribution in [0.15, 0.2) is 84.6 Å². The highest BCUT2D eigenvalue weighted by Crippen LogP contribution is 2.54. The predicted molar refractivity (Wildman–Crippen MR) is 184 cm³/mol. The third kappa shape index (κ3) is 9.38. The van der Waals surface area contributed by atoms with Crippen LogP contribution in [0, 0.1) is 29.4 Å². The Balaban J connectivity index is 1.31. The van der Waals surface area contributed by atoms with Crippen molar-refractivity contribution in [3.63, 3.8) is 0 Å². The number of aromatic nitrogens is 2. The lowest BCUT2D eigenvalue weighted by Crippen LogP contribution is -2.48. The van der Waals surface area contributed by atoms with Crippen LogP contribution in [0.5, 0.6) is 5.88 Å². The molecule has 3 amide bonds. The first-order valence-electron chi connectivity index (χ1n) is 17.2. The Morgan fingerprint density at radius 2 is 1.51 bits per heavy atom. The van der Waals surface area contributed by atoms with Gasteiger partial charge in [-0.3, -0.25) is 14.9 Å². The largest absolute Gasteiger partial charge is 0.479 e. The maximum Gasteiger partial charge on any atom is 0.429 e. The van der Waals surface area contributed by atoms with Gasteiger partial charge in [-0.25, -0.2) is 23.5 Å². The van der Waals surface area contributed by atoms with Gasteiger partial charge in [-0.15, -0.1) is 0 Å². The molecule has 3 aromatic carbocycles. The molecular formula is C38H28F11N5O5. The Hall–Kier alpha value is -6.28. The van der Waals surface area contributed by atoms with Gasteiger partial charge in [-0.05, 0) is 61.2 Å². The summed E-state index contributed by atoms with van der Waals surface area (Å²) in [6, 6.07) is 9.36. The second kappa shape index (κ2) is 16.2. The van der Waals surface area contributed by atoms with Gasteiger partial charge in [0.25, 0.3) is 5.91 Å². The number of nitrogens with one attached hydrogen (secondary N) is 3. The normalized spacial score (nSPS) is 20.2. The van der Waals surface area contributed by atoms with E-state index in [2.05, 4.69) is 30.7 Å². The molecule has 2 aliphatic rings. The molecule has 2 aliphatic carbocycles. The number of alkyl halides is 9. The summed E-state index contributed by atoms with van der Waals surface area (Å²) in [7, 11) is 1.03. The van der Waals surface area contributed by atoms with Gasteiger partial charge in [0.1, 0.15) is 11.6 Å². The zero-order valence-electron chi connectivity index (χ0n) is 29.9. The molecule has 59 heavy (non-hydrogen) atoms. The first-order chi connectivity index (χ1) is 27.6. The van der Waals surface area contributed by atoms with Crippen molar-refractivity contribution in [2.75, 3.05) is 17.7 Å². The Kier molecular flexibility index (Phi) is 11.6. The lowest BCUT2D eigenvalue weighted by atomic mass is 9.83. The van der Waals surface area contributed by atoms with Crippen molar-refractivity contribution in [3.8, 4) is 17.1 Å².